The van der Waals surface area contributed by atoms with E-state index < -0.39 is 5.82 Å². The lowest BCUT2D eigenvalue weighted by Crippen LogP contribution is -2.54. The van der Waals surface area contributed by atoms with Crippen molar-refractivity contribution in [2.24, 2.45) is 5.92 Å². The molecule has 0 bridgehead atoms. The van der Waals surface area contributed by atoms with E-state index in [1.807, 2.05) is 12.1 Å². The molecule has 0 unspecified atom stereocenters. The summed E-state index contributed by atoms with van der Waals surface area (Å²) in [5.41, 5.74) is 2.59. The fourth-order valence-corrected chi connectivity index (χ4v) is 7.97. The molecule has 4 aromatic rings. The molecular formula is C35H43FN6O. The number of benzene rings is 2. The van der Waals surface area contributed by atoms with E-state index in [-0.39, 0.29) is 22.6 Å². The number of halogens is 1. The van der Waals surface area contributed by atoms with Gasteiger partial charge < -0.3 is 15.0 Å². The molecule has 2 aromatic carbocycles. The first-order valence-electron chi connectivity index (χ1n) is 16.0. The molecule has 0 amide bonds. The third-order valence-corrected chi connectivity index (χ3v) is 10.6. The first kappa shape index (κ1) is 28.4. The molecule has 1 aliphatic carbocycles. The smallest absolute Gasteiger partial charge is 0.319 e. The van der Waals surface area contributed by atoms with Crippen molar-refractivity contribution in [2.75, 3.05) is 45.7 Å². The van der Waals surface area contributed by atoms with E-state index >= 15 is 4.39 Å². The van der Waals surface area contributed by atoms with Gasteiger partial charge in [-0.15, -0.1) is 0 Å². The third kappa shape index (κ3) is 4.83. The second-order valence-electron chi connectivity index (χ2n) is 13.4. The van der Waals surface area contributed by atoms with Gasteiger partial charge in [-0.3, -0.25) is 9.88 Å². The van der Waals surface area contributed by atoms with Crippen molar-refractivity contribution >= 4 is 27.5 Å². The van der Waals surface area contributed by atoms with Crippen LogP contribution in [0.1, 0.15) is 57.9 Å². The lowest BCUT2D eigenvalue weighted by atomic mass is 9.75. The fourth-order valence-electron chi connectivity index (χ4n) is 7.97. The number of aryl methyl sites for hydroxylation is 1. The minimum atomic E-state index is -0.438. The average molecular weight is 583 g/mol. The van der Waals surface area contributed by atoms with Gasteiger partial charge in [0.2, 0.25) is 0 Å². The SMILES string of the molecule is CCc1cccc2cccc(-c3ncc4c(NCC5(N(C)C)CCC5)nc(OC[C@@]56CCCN5C[C@H](C)C6)nc4c3F)c12. The van der Waals surface area contributed by atoms with Crippen LogP contribution in [0.4, 0.5) is 10.2 Å². The Kier molecular flexibility index (Phi) is 7.25. The molecule has 7 nitrogen and oxygen atoms in total. The number of ether oxygens (including phenoxy) is 1. The van der Waals surface area contributed by atoms with E-state index in [4.69, 9.17) is 19.7 Å². The number of hydrogen-bond acceptors (Lipinski definition) is 7. The van der Waals surface area contributed by atoms with Crippen molar-refractivity contribution in [3.05, 3.63) is 54.0 Å². The molecule has 226 valence electrons. The van der Waals surface area contributed by atoms with Crippen LogP contribution in [0.5, 0.6) is 6.01 Å². The Morgan fingerprint density at radius 1 is 1.09 bits per heavy atom. The number of likely N-dealkylation sites (N-methyl/N-ethyl adjacent to an activating group) is 1. The lowest BCUT2D eigenvalue weighted by molar-refractivity contribution is 0.0738. The normalized spacial score (nSPS) is 23.2. The molecule has 7 rings (SSSR count). The summed E-state index contributed by atoms with van der Waals surface area (Å²) in [5.74, 6) is 0.786. The van der Waals surface area contributed by atoms with E-state index in [0.717, 1.165) is 61.5 Å². The first-order chi connectivity index (χ1) is 20.8. The molecule has 43 heavy (non-hydrogen) atoms. The van der Waals surface area contributed by atoms with Gasteiger partial charge in [-0.25, -0.2) is 4.39 Å². The van der Waals surface area contributed by atoms with E-state index in [2.05, 4.69) is 67.3 Å². The summed E-state index contributed by atoms with van der Waals surface area (Å²) in [5, 5.41) is 6.27. The Labute approximate surface area is 253 Å². The van der Waals surface area contributed by atoms with Crippen LogP contribution >= 0.6 is 0 Å². The summed E-state index contributed by atoms with van der Waals surface area (Å²) >= 11 is 0. The van der Waals surface area contributed by atoms with Crippen LogP contribution in [-0.2, 0) is 6.42 Å². The van der Waals surface area contributed by atoms with Crippen LogP contribution in [-0.4, -0.2) is 76.2 Å². The largest absolute Gasteiger partial charge is 0.461 e. The topological polar surface area (TPSA) is 66.4 Å². The second kappa shape index (κ2) is 11.0. The second-order valence-corrected chi connectivity index (χ2v) is 13.4. The molecule has 0 radical (unpaired) electrons. The lowest BCUT2D eigenvalue weighted by Gasteiger charge is -2.47. The summed E-state index contributed by atoms with van der Waals surface area (Å²) < 4.78 is 23.1. The molecule has 2 aromatic heterocycles. The van der Waals surface area contributed by atoms with Crippen LogP contribution in [0.2, 0.25) is 0 Å². The molecule has 2 atom stereocenters. The average Bonchev–Trinajstić information content (AvgIpc) is 3.50. The Bertz CT molecular complexity index is 1660. The van der Waals surface area contributed by atoms with Crippen LogP contribution < -0.4 is 10.1 Å². The van der Waals surface area contributed by atoms with Gasteiger partial charge in [0.1, 0.15) is 23.6 Å². The predicted octanol–water partition coefficient (Wildman–Crippen LogP) is 6.70. The van der Waals surface area contributed by atoms with Crippen LogP contribution in [0.25, 0.3) is 32.9 Å². The molecule has 4 heterocycles. The number of fused-ring (bicyclic) bond motifs is 3. The van der Waals surface area contributed by atoms with Gasteiger partial charge in [0.05, 0.1) is 10.9 Å². The van der Waals surface area contributed by atoms with Crippen molar-refractivity contribution in [3.8, 4) is 17.3 Å². The van der Waals surface area contributed by atoms with Gasteiger partial charge in [-0.05, 0) is 87.8 Å². The van der Waals surface area contributed by atoms with Crippen molar-refractivity contribution in [1.29, 1.82) is 0 Å². The molecule has 0 spiro atoms. The number of nitrogens with zero attached hydrogens (tertiary/aromatic N) is 5. The maximum atomic E-state index is 16.7. The third-order valence-electron chi connectivity index (χ3n) is 10.6. The van der Waals surface area contributed by atoms with Gasteiger partial charge in [0.25, 0.3) is 0 Å². The summed E-state index contributed by atoms with van der Waals surface area (Å²) in [6.07, 6.45) is 9.43. The van der Waals surface area contributed by atoms with Gasteiger partial charge >= 0.3 is 6.01 Å². The number of hydrogen-bond donors (Lipinski definition) is 1. The van der Waals surface area contributed by atoms with Crippen molar-refractivity contribution in [3.63, 3.8) is 0 Å². The van der Waals surface area contributed by atoms with Crippen molar-refractivity contribution in [1.82, 2.24) is 24.8 Å². The monoisotopic (exact) mass is 582 g/mol. The summed E-state index contributed by atoms with van der Waals surface area (Å²) in [4.78, 5) is 19.2. The standard InChI is InChI=1S/C35H43FN6O/c1-5-24-10-6-11-25-12-7-13-26(28(24)25)30-29(36)31-27(19-37-30)32(38-21-34(41(3)4)14-8-15-34)40-33(39-31)43-22-35-16-9-17-42(35)20-23(2)18-35/h6-7,10-13,19,23H,5,8-9,14-18,20-22H2,1-4H3,(H,38,39,40)/t23-,35+/m1/s1. The molecule has 1 saturated carbocycles. The minimum absolute atomic E-state index is 0.0215. The number of aromatic nitrogens is 3. The highest BCUT2D eigenvalue weighted by Gasteiger charge is 2.48. The number of pyridine rings is 1. The number of rotatable bonds is 9. The highest BCUT2D eigenvalue weighted by atomic mass is 19.1. The van der Waals surface area contributed by atoms with Crippen molar-refractivity contribution < 1.29 is 9.13 Å². The summed E-state index contributed by atoms with van der Waals surface area (Å²) in [6.45, 7) is 7.90. The van der Waals surface area contributed by atoms with Gasteiger partial charge in [-0.1, -0.05) is 50.2 Å². The van der Waals surface area contributed by atoms with Crippen LogP contribution in [0.3, 0.4) is 0 Å². The predicted molar refractivity (Wildman–Crippen MR) is 171 cm³/mol. The van der Waals surface area contributed by atoms with Gasteiger partial charge in [0.15, 0.2) is 5.82 Å². The molecule has 3 aliphatic rings. The Hall–Kier alpha value is -3.36. The molecule has 2 saturated heterocycles. The van der Waals surface area contributed by atoms with Gasteiger partial charge in [0, 0.05) is 30.4 Å². The van der Waals surface area contributed by atoms with E-state index in [1.165, 1.54) is 18.4 Å². The zero-order chi connectivity index (χ0) is 29.8. The molecule has 1 N–H and O–H groups in total. The molecule has 3 fully saturated rings. The minimum Gasteiger partial charge on any atom is -0.461 e. The zero-order valence-electron chi connectivity index (χ0n) is 25.9. The quantitative estimate of drug-likeness (QED) is 0.236. The maximum absolute atomic E-state index is 16.7. The molecule has 2 aliphatic heterocycles. The Morgan fingerprint density at radius 2 is 1.91 bits per heavy atom. The summed E-state index contributed by atoms with van der Waals surface area (Å²) in [6, 6.07) is 12.5. The first-order valence-corrected chi connectivity index (χ1v) is 16.0. The fraction of sp³-hybridized carbons (Fsp3) is 0.514. The number of nitrogens with one attached hydrogen (secondary N) is 1. The van der Waals surface area contributed by atoms with E-state index in [9.17, 15) is 0 Å². The number of anilines is 1. The molecule has 8 heteroatoms. The molecular weight excluding hydrogens is 539 g/mol. The van der Waals surface area contributed by atoms with Gasteiger partial charge in [-0.2, -0.15) is 9.97 Å². The van der Waals surface area contributed by atoms with E-state index in [1.54, 1.807) is 6.20 Å². The Balaban J connectivity index is 1.31. The summed E-state index contributed by atoms with van der Waals surface area (Å²) in [7, 11) is 4.26. The van der Waals surface area contributed by atoms with Crippen LogP contribution in [0.15, 0.2) is 42.6 Å². The van der Waals surface area contributed by atoms with E-state index in [0.29, 0.717) is 36.0 Å². The van der Waals surface area contributed by atoms with Crippen LogP contribution in [0, 0.1) is 11.7 Å². The van der Waals surface area contributed by atoms with Crippen molar-refractivity contribution in [2.45, 2.75) is 69.9 Å². The Morgan fingerprint density at radius 3 is 2.65 bits per heavy atom. The zero-order valence-corrected chi connectivity index (χ0v) is 25.9. The maximum Gasteiger partial charge on any atom is 0.319 e. The highest BCUT2D eigenvalue weighted by molar-refractivity contribution is 6.00. The highest BCUT2D eigenvalue weighted by Crippen LogP contribution is 2.42.